The van der Waals surface area contributed by atoms with E-state index >= 15 is 0 Å². The van der Waals surface area contributed by atoms with E-state index in [0.29, 0.717) is 5.41 Å². The number of rotatable bonds is 4. The van der Waals surface area contributed by atoms with Gasteiger partial charge in [0.25, 0.3) is 5.91 Å². The Morgan fingerprint density at radius 3 is 2.95 bits per heavy atom. The zero-order valence-electron chi connectivity index (χ0n) is 12.3. The van der Waals surface area contributed by atoms with E-state index in [1.807, 2.05) is 12.1 Å². The lowest BCUT2D eigenvalue weighted by atomic mass is 9.67. The smallest absolute Gasteiger partial charge is 0.251 e. The van der Waals surface area contributed by atoms with Gasteiger partial charge in [0.15, 0.2) is 0 Å². The van der Waals surface area contributed by atoms with Crippen molar-refractivity contribution in [2.24, 2.45) is 5.41 Å². The van der Waals surface area contributed by atoms with Gasteiger partial charge in [-0.05, 0) is 54.8 Å². The third kappa shape index (κ3) is 2.47. The molecule has 3 nitrogen and oxygen atoms in total. The lowest BCUT2D eigenvalue weighted by Crippen LogP contribution is -2.42. The molecular weight excluding hydrogens is 248 g/mol. The highest BCUT2D eigenvalue weighted by atomic mass is 16.1. The molecule has 0 atom stereocenters. The predicted molar refractivity (Wildman–Crippen MR) is 80.8 cm³/mol. The second-order valence-corrected chi connectivity index (χ2v) is 6.26. The highest BCUT2D eigenvalue weighted by molar-refractivity contribution is 5.96. The summed E-state index contributed by atoms with van der Waals surface area (Å²) in [7, 11) is 0. The third-order valence-electron chi connectivity index (χ3n) is 5.17. The van der Waals surface area contributed by atoms with Crippen LogP contribution in [-0.4, -0.2) is 19.0 Å². The highest BCUT2D eigenvalue weighted by Gasteiger charge is 2.35. The fourth-order valence-corrected chi connectivity index (χ4v) is 3.44. The van der Waals surface area contributed by atoms with Crippen LogP contribution in [-0.2, 0) is 13.0 Å². The second-order valence-electron chi connectivity index (χ2n) is 6.26. The molecule has 20 heavy (non-hydrogen) atoms. The fourth-order valence-electron chi connectivity index (χ4n) is 3.44. The first-order valence-corrected chi connectivity index (χ1v) is 7.84. The van der Waals surface area contributed by atoms with Crippen molar-refractivity contribution in [1.29, 1.82) is 0 Å². The number of amides is 1. The summed E-state index contributed by atoms with van der Waals surface area (Å²) >= 11 is 0. The van der Waals surface area contributed by atoms with Crippen LogP contribution in [0, 0.1) is 5.41 Å². The minimum atomic E-state index is 0.114. The number of benzene rings is 1. The molecule has 1 fully saturated rings. The summed E-state index contributed by atoms with van der Waals surface area (Å²) in [4.78, 5) is 12.5. The number of fused-ring (bicyclic) bond motifs is 1. The van der Waals surface area contributed by atoms with Crippen LogP contribution in [0.15, 0.2) is 18.2 Å². The van der Waals surface area contributed by atoms with E-state index in [1.165, 1.54) is 36.8 Å². The van der Waals surface area contributed by atoms with Crippen molar-refractivity contribution in [3.8, 4) is 0 Å². The van der Waals surface area contributed by atoms with Crippen LogP contribution in [0.4, 0.5) is 0 Å². The molecule has 0 aromatic heterocycles. The van der Waals surface area contributed by atoms with Crippen LogP contribution in [0.3, 0.4) is 0 Å². The molecule has 0 bridgehead atoms. The molecule has 1 saturated carbocycles. The standard InChI is InChI=1S/C17H24N2O/c1-2-17(8-4-9-17)12-19-16(20)15-6-3-5-13-11-18-10-7-14(13)15/h3,5-6,18H,2,4,7-12H2,1H3,(H,19,20). The summed E-state index contributed by atoms with van der Waals surface area (Å²) in [6.45, 7) is 4.93. The molecule has 108 valence electrons. The van der Waals surface area contributed by atoms with E-state index in [-0.39, 0.29) is 5.91 Å². The van der Waals surface area contributed by atoms with Crippen LogP contribution in [0.5, 0.6) is 0 Å². The maximum Gasteiger partial charge on any atom is 0.251 e. The average molecular weight is 272 g/mol. The molecule has 2 aliphatic rings. The molecule has 1 heterocycles. The lowest BCUT2D eigenvalue weighted by Gasteiger charge is -2.41. The van der Waals surface area contributed by atoms with Crippen molar-refractivity contribution >= 4 is 5.91 Å². The van der Waals surface area contributed by atoms with Gasteiger partial charge in [0.05, 0.1) is 0 Å². The third-order valence-corrected chi connectivity index (χ3v) is 5.17. The van der Waals surface area contributed by atoms with Crippen molar-refractivity contribution in [2.45, 2.75) is 45.6 Å². The van der Waals surface area contributed by atoms with Gasteiger partial charge >= 0.3 is 0 Å². The number of hydrogen-bond acceptors (Lipinski definition) is 2. The molecule has 1 aromatic carbocycles. The van der Waals surface area contributed by atoms with Crippen molar-refractivity contribution in [1.82, 2.24) is 10.6 Å². The summed E-state index contributed by atoms with van der Waals surface area (Å²) in [5.41, 5.74) is 3.78. The van der Waals surface area contributed by atoms with Gasteiger partial charge in [0.2, 0.25) is 0 Å². The Morgan fingerprint density at radius 1 is 1.40 bits per heavy atom. The minimum absolute atomic E-state index is 0.114. The van der Waals surface area contributed by atoms with Crippen LogP contribution in [0.1, 0.15) is 54.1 Å². The normalized spacial score (nSPS) is 19.9. The topological polar surface area (TPSA) is 41.1 Å². The summed E-state index contributed by atoms with van der Waals surface area (Å²) < 4.78 is 0. The van der Waals surface area contributed by atoms with Gasteiger partial charge in [0.1, 0.15) is 0 Å². The Morgan fingerprint density at radius 2 is 2.25 bits per heavy atom. The van der Waals surface area contributed by atoms with Crippen molar-refractivity contribution < 1.29 is 4.79 Å². The molecule has 0 radical (unpaired) electrons. The summed E-state index contributed by atoms with van der Waals surface area (Å²) in [6.07, 6.45) is 5.97. The van der Waals surface area contributed by atoms with Crippen LogP contribution in [0.25, 0.3) is 0 Å². The number of carbonyl (C=O) groups is 1. The summed E-state index contributed by atoms with van der Waals surface area (Å²) in [5, 5.41) is 6.54. The van der Waals surface area contributed by atoms with E-state index < -0.39 is 0 Å². The molecule has 0 spiro atoms. The Labute approximate surface area is 121 Å². The average Bonchev–Trinajstić information content (AvgIpc) is 2.46. The molecule has 3 heteroatoms. The minimum Gasteiger partial charge on any atom is -0.351 e. The quantitative estimate of drug-likeness (QED) is 0.884. The summed E-state index contributed by atoms with van der Waals surface area (Å²) in [5.74, 6) is 0.114. The zero-order chi connectivity index (χ0) is 14.0. The van der Waals surface area contributed by atoms with E-state index in [4.69, 9.17) is 0 Å². The molecule has 1 aromatic rings. The predicted octanol–water partition coefficient (Wildman–Crippen LogP) is 2.64. The molecular formula is C17H24N2O. The fraction of sp³-hybridized carbons (Fsp3) is 0.588. The lowest BCUT2D eigenvalue weighted by molar-refractivity contribution is 0.0849. The van der Waals surface area contributed by atoms with Crippen LogP contribution in [0.2, 0.25) is 0 Å². The molecule has 2 N–H and O–H groups in total. The van der Waals surface area contributed by atoms with E-state index in [1.54, 1.807) is 0 Å². The number of hydrogen-bond donors (Lipinski definition) is 2. The van der Waals surface area contributed by atoms with Gasteiger partial charge in [-0.2, -0.15) is 0 Å². The van der Waals surface area contributed by atoms with E-state index in [0.717, 1.165) is 31.6 Å². The van der Waals surface area contributed by atoms with Crippen molar-refractivity contribution in [3.05, 3.63) is 34.9 Å². The zero-order valence-corrected chi connectivity index (χ0v) is 12.3. The monoisotopic (exact) mass is 272 g/mol. The Balaban J connectivity index is 1.71. The van der Waals surface area contributed by atoms with Gasteiger partial charge < -0.3 is 10.6 Å². The van der Waals surface area contributed by atoms with Gasteiger partial charge in [-0.3, -0.25) is 4.79 Å². The largest absolute Gasteiger partial charge is 0.351 e. The first-order valence-electron chi connectivity index (χ1n) is 7.84. The Bertz CT molecular complexity index is 500. The van der Waals surface area contributed by atoms with E-state index in [9.17, 15) is 4.79 Å². The molecule has 0 saturated heterocycles. The highest BCUT2D eigenvalue weighted by Crippen LogP contribution is 2.43. The van der Waals surface area contributed by atoms with E-state index in [2.05, 4.69) is 23.6 Å². The molecule has 3 rings (SSSR count). The maximum atomic E-state index is 12.5. The summed E-state index contributed by atoms with van der Waals surface area (Å²) in [6, 6.07) is 6.09. The SMILES string of the molecule is CCC1(CNC(=O)c2cccc3c2CCNC3)CCC1. The maximum absolute atomic E-state index is 12.5. The molecule has 1 aliphatic heterocycles. The van der Waals surface area contributed by atoms with Crippen LogP contribution >= 0.6 is 0 Å². The van der Waals surface area contributed by atoms with Gasteiger partial charge in [-0.25, -0.2) is 0 Å². The van der Waals surface area contributed by atoms with Crippen molar-refractivity contribution in [3.63, 3.8) is 0 Å². The molecule has 0 unspecified atom stereocenters. The van der Waals surface area contributed by atoms with Gasteiger partial charge in [0, 0.05) is 18.7 Å². The molecule has 1 amide bonds. The van der Waals surface area contributed by atoms with Crippen LogP contribution < -0.4 is 10.6 Å². The van der Waals surface area contributed by atoms with Gasteiger partial charge in [-0.1, -0.05) is 25.5 Å². The Kier molecular flexibility index (Phi) is 3.79. The second kappa shape index (κ2) is 5.57. The Hall–Kier alpha value is -1.35. The first kappa shape index (κ1) is 13.6. The van der Waals surface area contributed by atoms with Crippen molar-refractivity contribution in [2.75, 3.05) is 13.1 Å². The number of carbonyl (C=O) groups excluding carboxylic acids is 1. The number of nitrogens with one attached hydrogen (secondary N) is 2. The molecule has 1 aliphatic carbocycles. The first-order chi connectivity index (χ1) is 9.74. The van der Waals surface area contributed by atoms with Gasteiger partial charge in [-0.15, -0.1) is 0 Å².